The molecule has 0 aliphatic rings. The fraction of sp³-hybridized carbons (Fsp3) is 0.350. The third-order valence-corrected chi connectivity index (χ3v) is 4.07. The fourth-order valence-electron chi connectivity index (χ4n) is 2.54. The molecule has 0 aliphatic heterocycles. The molecule has 0 aromatic heterocycles. The lowest BCUT2D eigenvalue weighted by molar-refractivity contribution is -0.176. The highest BCUT2D eigenvalue weighted by atomic mass is 19.4. The van der Waals surface area contributed by atoms with Gasteiger partial charge in [-0.2, -0.15) is 26.3 Å². The summed E-state index contributed by atoms with van der Waals surface area (Å²) in [7, 11) is 0. The first-order valence-corrected chi connectivity index (χ1v) is 8.88. The van der Waals surface area contributed by atoms with Gasteiger partial charge in [0.15, 0.2) is 0 Å². The molecule has 2 aromatic carbocycles. The van der Waals surface area contributed by atoms with Crippen molar-refractivity contribution in [3.63, 3.8) is 0 Å². The van der Waals surface area contributed by atoms with Crippen molar-refractivity contribution in [1.82, 2.24) is 10.6 Å². The number of amides is 2. The molecule has 2 aromatic rings. The van der Waals surface area contributed by atoms with Gasteiger partial charge in [-0.1, -0.05) is 36.4 Å². The molecule has 0 heterocycles. The molecule has 1 unspecified atom stereocenters. The van der Waals surface area contributed by atoms with Gasteiger partial charge in [-0.3, -0.25) is 0 Å². The van der Waals surface area contributed by atoms with Gasteiger partial charge in [0.25, 0.3) is 0 Å². The van der Waals surface area contributed by atoms with Crippen LogP contribution < -0.4 is 10.6 Å². The van der Waals surface area contributed by atoms with Crippen LogP contribution in [0.5, 0.6) is 0 Å². The van der Waals surface area contributed by atoms with E-state index in [0.717, 1.165) is 12.1 Å². The Labute approximate surface area is 169 Å². The summed E-state index contributed by atoms with van der Waals surface area (Å²) in [5.74, 6) is 0. The molecule has 10 heteroatoms. The largest absolute Gasteiger partial charge is 0.416 e. The predicted octanol–water partition coefficient (Wildman–Crippen LogP) is 5.34. The number of benzene rings is 2. The number of ether oxygens (including phenoxy) is 1. The minimum atomic E-state index is -4.47. The van der Waals surface area contributed by atoms with Crippen molar-refractivity contribution in [2.45, 2.75) is 38.5 Å². The van der Waals surface area contributed by atoms with Gasteiger partial charge in [0, 0.05) is 6.54 Å². The van der Waals surface area contributed by atoms with Gasteiger partial charge in [0.05, 0.1) is 18.2 Å². The number of carbonyl (C=O) groups is 1. The van der Waals surface area contributed by atoms with Crippen LogP contribution in [-0.4, -0.2) is 18.8 Å². The van der Waals surface area contributed by atoms with E-state index in [1.807, 2.05) is 0 Å². The molecular weight excluding hydrogens is 414 g/mol. The summed E-state index contributed by atoms with van der Waals surface area (Å²) in [6.07, 6.45) is -8.86. The van der Waals surface area contributed by atoms with Crippen LogP contribution in [0.15, 0.2) is 48.5 Å². The van der Waals surface area contributed by atoms with Crippen molar-refractivity contribution < 1.29 is 35.9 Å². The number of halogens is 6. The highest BCUT2D eigenvalue weighted by molar-refractivity contribution is 5.74. The zero-order chi connectivity index (χ0) is 22.4. The summed E-state index contributed by atoms with van der Waals surface area (Å²) in [4.78, 5) is 12.0. The second-order valence-electron chi connectivity index (χ2n) is 6.60. The van der Waals surface area contributed by atoms with E-state index >= 15 is 0 Å². The number of urea groups is 1. The molecule has 0 spiro atoms. The Morgan fingerprint density at radius 1 is 1.00 bits per heavy atom. The second kappa shape index (κ2) is 9.84. The molecular formula is C20H20F6N2O2. The Kier molecular flexibility index (Phi) is 7.71. The lowest BCUT2D eigenvalue weighted by Gasteiger charge is -2.17. The first-order valence-electron chi connectivity index (χ1n) is 8.88. The van der Waals surface area contributed by atoms with Crippen LogP contribution >= 0.6 is 0 Å². The zero-order valence-corrected chi connectivity index (χ0v) is 15.9. The van der Waals surface area contributed by atoms with Gasteiger partial charge < -0.3 is 15.4 Å². The van der Waals surface area contributed by atoms with E-state index in [-0.39, 0.29) is 13.2 Å². The quantitative estimate of drug-likeness (QED) is 0.578. The maximum absolute atomic E-state index is 12.8. The average Bonchev–Trinajstić information content (AvgIpc) is 2.66. The molecule has 0 fully saturated rings. The lowest BCUT2D eigenvalue weighted by Crippen LogP contribution is -2.36. The Morgan fingerprint density at radius 3 is 2.23 bits per heavy atom. The van der Waals surface area contributed by atoms with Gasteiger partial charge in [0.1, 0.15) is 6.61 Å². The first kappa shape index (κ1) is 23.5. The van der Waals surface area contributed by atoms with Gasteiger partial charge in [0.2, 0.25) is 0 Å². The van der Waals surface area contributed by atoms with Crippen LogP contribution in [0.1, 0.15) is 35.2 Å². The van der Waals surface area contributed by atoms with E-state index in [1.54, 1.807) is 31.2 Å². The molecule has 0 saturated carbocycles. The minimum Gasteiger partial charge on any atom is -0.367 e. The Balaban J connectivity index is 1.81. The number of hydrogen-bond donors (Lipinski definition) is 2. The van der Waals surface area contributed by atoms with Gasteiger partial charge in [-0.15, -0.1) is 0 Å². The normalized spacial score (nSPS) is 13.0. The maximum atomic E-state index is 12.8. The molecule has 1 atom stereocenters. The minimum absolute atomic E-state index is 0.130. The standard InChI is InChI=1S/C20H20F6N2O2/c1-13(16-3-2-4-17(9-16)20(24,25)26)28-18(29)27-10-14-5-7-15(8-6-14)11-30-12-19(21,22)23/h2-9,13H,10-12H2,1H3,(H2,27,28,29). The number of carbonyl (C=O) groups excluding carboxylic acids is 1. The Hall–Kier alpha value is -2.75. The van der Waals surface area contributed by atoms with Crippen LogP contribution in [0, 0.1) is 0 Å². The van der Waals surface area contributed by atoms with E-state index in [0.29, 0.717) is 16.7 Å². The molecule has 2 amide bonds. The molecule has 0 aliphatic carbocycles. The monoisotopic (exact) mass is 434 g/mol. The number of rotatable bonds is 7. The summed E-state index contributed by atoms with van der Waals surface area (Å²) in [5.41, 5.74) is 0.749. The van der Waals surface area contributed by atoms with Gasteiger partial charge in [-0.25, -0.2) is 4.79 Å². The summed E-state index contributed by atoms with van der Waals surface area (Å²) < 4.78 is 79.1. The maximum Gasteiger partial charge on any atom is 0.416 e. The van der Waals surface area contributed by atoms with E-state index < -0.39 is 36.6 Å². The van der Waals surface area contributed by atoms with Crippen molar-refractivity contribution in [3.8, 4) is 0 Å². The molecule has 0 bridgehead atoms. The van der Waals surface area contributed by atoms with Crippen LogP contribution in [0.4, 0.5) is 31.1 Å². The third kappa shape index (κ3) is 7.94. The van der Waals surface area contributed by atoms with Crippen molar-refractivity contribution in [2.24, 2.45) is 0 Å². The average molecular weight is 434 g/mol. The van der Waals surface area contributed by atoms with Gasteiger partial charge in [-0.05, 0) is 35.7 Å². The number of alkyl halides is 6. The van der Waals surface area contributed by atoms with Crippen LogP contribution in [0.3, 0.4) is 0 Å². The smallest absolute Gasteiger partial charge is 0.367 e. The summed E-state index contributed by atoms with van der Waals surface area (Å²) in [6.45, 7) is 0.165. The van der Waals surface area contributed by atoms with Crippen molar-refractivity contribution in [2.75, 3.05) is 6.61 Å². The highest BCUT2D eigenvalue weighted by Crippen LogP contribution is 2.30. The lowest BCUT2D eigenvalue weighted by atomic mass is 10.1. The van der Waals surface area contributed by atoms with Crippen molar-refractivity contribution in [1.29, 1.82) is 0 Å². The van der Waals surface area contributed by atoms with E-state index in [2.05, 4.69) is 15.4 Å². The third-order valence-electron chi connectivity index (χ3n) is 4.07. The van der Waals surface area contributed by atoms with E-state index in [4.69, 9.17) is 0 Å². The SMILES string of the molecule is CC(NC(=O)NCc1ccc(COCC(F)(F)F)cc1)c1cccc(C(F)(F)F)c1. The molecule has 30 heavy (non-hydrogen) atoms. The number of nitrogens with one attached hydrogen (secondary N) is 2. The Morgan fingerprint density at radius 2 is 1.63 bits per heavy atom. The molecule has 0 saturated heterocycles. The summed E-state index contributed by atoms with van der Waals surface area (Å²) >= 11 is 0. The van der Waals surface area contributed by atoms with Crippen molar-refractivity contribution in [3.05, 3.63) is 70.8 Å². The number of hydrogen-bond acceptors (Lipinski definition) is 2. The van der Waals surface area contributed by atoms with Gasteiger partial charge >= 0.3 is 18.4 Å². The molecule has 2 rings (SSSR count). The van der Waals surface area contributed by atoms with E-state index in [9.17, 15) is 31.1 Å². The van der Waals surface area contributed by atoms with Crippen LogP contribution in [0.2, 0.25) is 0 Å². The molecule has 4 nitrogen and oxygen atoms in total. The van der Waals surface area contributed by atoms with Crippen LogP contribution in [-0.2, 0) is 24.1 Å². The predicted molar refractivity (Wildman–Crippen MR) is 97.4 cm³/mol. The molecule has 164 valence electrons. The second-order valence-corrected chi connectivity index (χ2v) is 6.60. The molecule has 0 radical (unpaired) electrons. The van der Waals surface area contributed by atoms with Crippen molar-refractivity contribution >= 4 is 6.03 Å². The highest BCUT2D eigenvalue weighted by Gasteiger charge is 2.30. The summed E-state index contributed by atoms with van der Waals surface area (Å²) in [5, 5.41) is 5.13. The molecule has 2 N–H and O–H groups in total. The topological polar surface area (TPSA) is 50.4 Å². The fourth-order valence-corrected chi connectivity index (χ4v) is 2.54. The van der Waals surface area contributed by atoms with Crippen LogP contribution in [0.25, 0.3) is 0 Å². The van der Waals surface area contributed by atoms with E-state index in [1.165, 1.54) is 12.1 Å². The first-order chi connectivity index (χ1) is 13.9. The summed E-state index contributed by atoms with van der Waals surface area (Å²) in [6, 6.07) is 9.88. The zero-order valence-electron chi connectivity index (χ0n) is 15.9. The Bertz CT molecular complexity index is 834.